The Balaban J connectivity index is 2.03. The number of nitrogens with zero attached hydrogens (tertiary/aromatic N) is 2. The number of hydrogen-bond acceptors (Lipinski definition) is 4. The van der Waals surface area contributed by atoms with Gasteiger partial charge in [-0.05, 0) is 24.3 Å². The molecule has 0 atom stereocenters. The van der Waals surface area contributed by atoms with Crippen LogP contribution in [0.4, 0.5) is 5.69 Å². The van der Waals surface area contributed by atoms with Crippen LogP contribution in [0.15, 0.2) is 42.5 Å². The van der Waals surface area contributed by atoms with Gasteiger partial charge in [0.25, 0.3) is 0 Å². The Morgan fingerprint density at radius 3 is 2.58 bits per heavy atom. The number of pyridine rings is 1. The van der Waals surface area contributed by atoms with Gasteiger partial charge in [-0.3, -0.25) is 4.98 Å². The highest BCUT2D eigenvalue weighted by Gasteiger charge is 2.01. The summed E-state index contributed by atoms with van der Waals surface area (Å²) in [5.74, 6) is 0.839. The fourth-order valence-electron chi connectivity index (χ4n) is 1.73. The zero-order chi connectivity index (χ0) is 13.7. The molecule has 0 aliphatic carbocycles. The van der Waals surface area contributed by atoms with Gasteiger partial charge in [0.2, 0.25) is 0 Å². The molecule has 1 aromatic carbocycles. The number of benzene rings is 1. The van der Waals surface area contributed by atoms with Crippen molar-refractivity contribution in [3.8, 4) is 5.75 Å². The average Bonchev–Trinajstić information content (AvgIpc) is 2.45. The smallest absolute Gasteiger partial charge is 0.130 e. The van der Waals surface area contributed by atoms with Gasteiger partial charge in [-0.2, -0.15) is 0 Å². The molecule has 1 heterocycles. The van der Waals surface area contributed by atoms with E-state index in [1.54, 1.807) is 0 Å². The van der Waals surface area contributed by atoms with Gasteiger partial charge < -0.3 is 15.4 Å². The van der Waals surface area contributed by atoms with Crippen LogP contribution in [0, 0.1) is 0 Å². The van der Waals surface area contributed by atoms with Crippen LogP contribution in [0.3, 0.4) is 0 Å². The third kappa shape index (κ3) is 3.69. The van der Waals surface area contributed by atoms with E-state index < -0.39 is 0 Å². The summed E-state index contributed by atoms with van der Waals surface area (Å²) in [4.78, 5) is 6.45. The summed E-state index contributed by atoms with van der Waals surface area (Å²) in [5, 5.41) is 0. The molecule has 2 aromatic rings. The molecular weight excluding hydrogens is 238 g/mol. The first-order valence-corrected chi connectivity index (χ1v) is 6.24. The number of anilines is 1. The summed E-state index contributed by atoms with van der Waals surface area (Å²) >= 11 is 0. The summed E-state index contributed by atoms with van der Waals surface area (Å²) < 4.78 is 5.75. The predicted molar refractivity (Wildman–Crippen MR) is 77.2 cm³/mol. The van der Waals surface area contributed by atoms with Crippen molar-refractivity contribution in [3.63, 3.8) is 0 Å². The Kier molecular flexibility index (Phi) is 4.36. The van der Waals surface area contributed by atoms with Crippen molar-refractivity contribution in [2.45, 2.75) is 13.2 Å². The van der Waals surface area contributed by atoms with Gasteiger partial charge in [-0.1, -0.05) is 12.1 Å². The Morgan fingerprint density at radius 1 is 1.11 bits per heavy atom. The Bertz CT molecular complexity index is 540. The lowest BCUT2D eigenvalue weighted by Crippen LogP contribution is -2.08. The molecule has 4 nitrogen and oxygen atoms in total. The highest BCUT2D eigenvalue weighted by molar-refractivity contribution is 5.49. The summed E-state index contributed by atoms with van der Waals surface area (Å²) in [6.45, 7) is 0.897. The second-order valence-electron chi connectivity index (χ2n) is 4.50. The summed E-state index contributed by atoms with van der Waals surface area (Å²) in [5.41, 5.74) is 8.45. The Hall–Kier alpha value is -2.07. The zero-order valence-electron chi connectivity index (χ0n) is 11.3. The molecule has 4 heteroatoms. The summed E-state index contributed by atoms with van der Waals surface area (Å²) in [7, 11) is 4.01. The molecule has 0 spiro atoms. The van der Waals surface area contributed by atoms with Gasteiger partial charge in [-0.15, -0.1) is 0 Å². The van der Waals surface area contributed by atoms with Crippen LogP contribution in [0.5, 0.6) is 5.75 Å². The van der Waals surface area contributed by atoms with E-state index in [2.05, 4.69) is 4.98 Å². The second-order valence-corrected chi connectivity index (χ2v) is 4.50. The third-order valence-electron chi connectivity index (χ3n) is 2.79. The fourth-order valence-corrected chi connectivity index (χ4v) is 1.73. The standard InChI is InChI=1S/C15H19N3O/c1-18(2)14-7-4-8-15(9-14)19-11-13-6-3-5-12(10-16)17-13/h3-9H,10-11,16H2,1-2H3. The lowest BCUT2D eigenvalue weighted by atomic mass is 10.3. The van der Waals surface area contributed by atoms with Crippen LogP contribution in [0.2, 0.25) is 0 Å². The maximum Gasteiger partial charge on any atom is 0.130 e. The van der Waals surface area contributed by atoms with Gasteiger partial charge in [0, 0.05) is 32.4 Å². The van der Waals surface area contributed by atoms with Gasteiger partial charge in [0.1, 0.15) is 12.4 Å². The van der Waals surface area contributed by atoms with Crippen molar-refractivity contribution in [1.82, 2.24) is 4.98 Å². The fraction of sp³-hybridized carbons (Fsp3) is 0.267. The molecule has 2 N–H and O–H groups in total. The van der Waals surface area contributed by atoms with E-state index in [0.29, 0.717) is 13.2 Å². The predicted octanol–water partition coefficient (Wildman–Crippen LogP) is 2.19. The molecule has 1 aromatic heterocycles. The normalized spacial score (nSPS) is 10.3. The first-order chi connectivity index (χ1) is 9.19. The minimum absolute atomic E-state index is 0.448. The quantitative estimate of drug-likeness (QED) is 0.892. The van der Waals surface area contributed by atoms with Crippen molar-refractivity contribution >= 4 is 5.69 Å². The van der Waals surface area contributed by atoms with Crippen LogP contribution in [0.25, 0.3) is 0 Å². The highest BCUT2D eigenvalue weighted by atomic mass is 16.5. The van der Waals surface area contributed by atoms with E-state index in [0.717, 1.165) is 22.8 Å². The van der Waals surface area contributed by atoms with E-state index in [4.69, 9.17) is 10.5 Å². The van der Waals surface area contributed by atoms with Crippen molar-refractivity contribution < 1.29 is 4.74 Å². The summed E-state index contributed by atoms with van der Waals surface area (Å²) in [6, 6.07) is 13.8. The SMILES string of the molecule is CN(C)c1cccc(OCc2cccc(CN)n2)c1. The van der Waals surface area contributed by atoms with Crippen LogP contribution in [0.1, 0.15) is 11.4 Å². The molecule has 0 unspecified atom stereocenters. The molecule has 0 radical (unpaired) electrons. The molecule has 19 heavy (non-hydrogen) atoms. The maximum absolute atomic E-state index is 5.75. The van der Waals surface area contributed by atoms with Gasteiger partial charge in [0.15, 0.2) is 0 Å². The summed E-state index contributed by atoms with van der Waals surface area (Å²) in [6.07, 6.45) is 0. The van der Waals surface area contributed by atoms with Crippen LogP contribution in [-0.4, -0.2) is 19.1 Å². The van der Waals surface area contributed by atoms with Crippen LogP contribution < -0.4 is 15.4 Å². The van der Waals surface area contributed by atoms with E-state index in [9.17, 15) is 0 Å². The molecule has 0 aliphatic heterocycles. The Morgan fingerprint density at radius 2 is 1.84 bits per heavy atom. The first-order valence-electron chi connectivity index (χ1n) is 6.24. The van der Waals surface area contributed by atoms with Gasteiger partial charge >= 0.3 is 0 Å². The van der Waals surface area contributed by atoms with Crippen molar-refractivity contribution in [3.05, 3.63) is 53.9 Å². The lowest BCUT2D eigenvalue weighted by Gasteiger charge is -2.14. The van der Waals surface area contributed by atoms with E-state index in [1.807, 2.05) is 61.5 Å². The molecule has 0 saturated carbocycles. The first kappa shape index (κ1) is 13.4. The highest BCUT2D eigenvalue weighted by Crippen LogP contribution is 2.20. The number of rotatable bonds is 5. The topological polar surface area (TPSA) is 51.4 Å². The largest absolute Gasteiger partial charge is 0.487 e. The zero-order valence-corrected chi connectivity index (χ0v) is 11.3. The monoisotopic (exact) mass is 257 g/mol. The molecule has 0 saturated heterocycles. The van der Waals surface area contributed by atoms with E-state index >= 15 is 0 Å². The van der Waals surface area contributed by atoms with Crippen LogP contribution >= 0.6 is 0 Å². The van der Waals surface area contributed by atoms with Crippen molar-refractivity contribution in [2.75, 3.05) is 19.0 Å². The lowest BCUT2D eigenvalue weighted by molar-refractivity contribution is 0.301. The molecule has 0 fully saturated rings. The average molecular weight is 257 g/mol. The number of ether oxygens (including phenoxy) is 1. The number of aromatic nitrogens is 1. The van der Waals surface area contributed by atoms with E-state index in [-0.39, 0.29) is 0 Å². The molecule has 0 aliphatic rings. The molecule has 0 amide bonds. The van der Waals surface area contributed by atoms with Crippen molar-refractivity contribution in [2.24, 2.45) is 5.73 Å². The number of nitrogens with two attached hydrogens (primary N) is 1. The second kappa shape index (κ2) is 6.20. The van der Waals surface area contributed by atoms with Crippen molar-refractivity contribution in [1.29, 1.82) is 0 Å². The van der Waals surface area contributed by atoms with Gasteiger partial charge in [0.05, 0.1) is 11.4 Å². The Labute approximate surface area is 113 Å². The molecule has 0 bridgehead atoms. The third-order valence-corrected chi connectivity index (χ3v) is 2.79. The van der Waals surface area contributed by atoms with E-state index in [1.165, 1.54) is 0 Å². The molecule has 100 valence electrons. The minimum atomic E-state index is 0.448. The van der Waals surface area contributed by atoms with Crippen LogP contribution in [-0.2, 0) is 13.2 Å². The number of hydrogen-bond donors (Lipinski definition) is 1. The van der Waals surface area contributed by atoms with Gasteiger partial charge in [-0.25, -0.2) is 0 Å². The minimum Gasteiger partial charge on any atom is -0.487 e. The maximum atomic E-state index is 5.75. The molecule has 2 rings (SSSR count). The molecular formula is C15H19N3O.